The third-order valence-electron chi connectivity index (χ3n) is 2.23. The number of amides is 1. The molecule has 0 aliphatic heterocycles. The number of hydrazone groups is 1. The van der Waals surface area contributed by atoms with Crippen LogP contribution < -0.4 is 10.2 Å². The van der Waals surface area contributed by atoms with E-state index >= 15 is 0 Å². The van der Waals surface area contributed by atoms with E-state index in [0.717, 1.165) is 0 Å². The second kappa shape index (κ2) is 7.36. The standard InChI is InChI=1S/C13H9Cl3N2O3/c14-8-1-3-11(10(15)5-8)20-7-13(19)18-17-6-9-2-4-12(16)21-9/h1-6H,7H2,(H,18,19)/b17-6+. The average molecular weight is 348 g/mol. The monoisotopic (exact) mass is 346 g/mol. The molecule has 2 rings (SSSR count). The molecule has 1 aromatic carbocycles. The molecule has 110 valence electrons. The molecule has 0 saturated carbocycles. The van der Waals surface area contributed by atoms with Crippen LogP contribution in [0.3, 0.4) is 0 Å². The highest BCUT2D eigenvalue weighted by Gasteiger charge is 2.05. The number of carbonyl (C=O) groups excluding carboxylic acids is 1. The number of hydrogen-bond donors (Lipinski definition) is 1. The number of halogens is 3. The summed E-state index contributed by atoms with van der Waals surface area (Å²) in [5.41, 5.74) is 2.27. The van der Waals surface area contributed by atoms with Crippen molar-refractivity contribution in [3.63, 3.8) is 0 Å². The highest BCUT2D eigenvalue weighted by atomic mass is 35.5. The molecule has 0 radical (unpaired) electrons. The summed E-state index contributed by atoms with van der Waals surface area (Å²) in [5, 5.41) is 4.74. The largest absolute Gasteiger partial charge is 0.482 e. The molecular formula is C13H9Cl3N2O3. The summed E-state index contributed by atoms with van der Waals surface area (Å²) in [4.78, 5) is 11.5. The molecule has 1 N–H and O–H groups in total. The van der Waals surface area contributed by atoms with Gasteiger partial charge in [0.05, 0.1) is 11.2 Å². The number of carbonyl (C=O) groups is 1. The third kappa shape index (κ3) is 4.97. The number of furan rings is 1. The predicted molar refractivity (Wildman–Crippen MR) is 81.4 cm³/mol. The first-order valence-electron chi connectivity index (χ1n) is 5.69. The van der Waals surface area contributed by atoms with Crippen molar-refractivity contribution in [2.75, 3.05) is 6.61 Å². The first-order valence-corrected chi connectivity index (χ1v) is 6.83. The lowest BCUT2D eigenvalue weighted by molar-refractivity contribution is -0.123. The van der Waals surface area contributed by atoms with Gasteiger partial charge in [-0.1, -0.05) is 23.2 Å². The van der Waals surface area contributed by atoms with Crippen molar-refractivity contribution in [3.8, 4) is 5.75 Å². The summed E-state index contributed by atoms with van der Waals surface area (Å²) in [6, 6.07) is 7.89. The van der Waals surface area contributed by atoms with Gasteiger partial charge in [-0.15, -0.1) is 0 Å². The van der Waals surface area contributed by atoms with Gasteiger partial charge in [0.25, 0.3) is 5.91 Å². The molecule has 0 aliphatic rings. The van der Waals surface area contributed by atoms with Gasteiger partial charge in [0.2, 0.25) is 0 Å². The van der Waals surface area contributed by atoms with Crippen molar-refractivity contribution in [3.05, 3.63) is 51.4 Å². The topological polar surface area (TPSA) is 63.8 Å². The van der Waals surface area contributed by atoms with Crippen LogP contribution >= 0.6 is 34.8 Å². The second-order valence-corrected chi connectivity index (χ2v) is 5.01. The minimum atomic E-state index is -0.449. The van der Waals surface area contributed by atoms with E-state index in [-0.39, 0.29) is 11.8 Å². The Labute approximate surface area is 135 Å². The molecule has 8 heteroatoms. The van der Waals surface area contributed by atoms with E-state index in [9.17, 15) is 4.79 Å². The number of benzene rings is 1. The lowest BCUT2D eigenvalue weighted by Crippen LogP contribution is -2.24. The van der Waals surface area contributed by atoms with Gasteiger partial charge in [0.15, 0.2) is 11.8 Å². The van der Waals surface area contributed by atoms with Gasteiger partial charge in [-0.25, -0.2) is 5.43 Å². The van der Waals surface area contributed by atoms with Gasteiger partial charge in [-0.2, -0.15) is 5.10 Å². The van der Waals surface area contributed by atoms with E-state index in [2.05, 4.69) is 10.5 Å². The van der Waals surface area contributed by atoms with Crippen LogP contribution in [0, 0.1) is 0 Å². The van der Waals surface area contributed by atoms with Crippen LogP contribution in [0.5, 0.6) is 5.75 Å². The van der Waals surface area contributed by atoms with Gasteiger partial charge in [-0.3, -0.25) is 4.79 Å². The normalized spacial score (nSPS) is 10.8. The summed E-state index contributed by atoms with van der Waals surface area (Å²) in [6.45, 7) is -0.238. The quantitative estimate of drug-likeness (QED) is 0.661. The number of nitrogens with one attached hydrogen (secondary N) is 1. The molecule has 0 atom stereocenters. The van der Waals surface area contributed by atoms with Crippen molar-refractivity contribution in [2.45, 2.75) is 0 Å². The summed E-state index contributed by atoms with van der Waals surface area (Å²) in [6.07, 6.45) is 1.32. The minimum Gasteiger partial charge on any atom is -0.482 e. The summed E-state index contributed by atoms with van der Waals surface area (Å²) >= 11 is 17.2. The van der Waals surface area contributed by atoms with Crippen LogP contribution in [0.4, 0.5) is 0 Å². The Bertz CT molecular complexity index is 670. The van der Waals surface area contributed by atoms with Crippen molar-refractivity contribution in [2.24, 2.45) is 5.10 Å². The Hall–Kier alpha value is -1.69. The molecule has 1 aromatic heterocycles. The maximum absolute atomic E-state index is 11.5. The second-order valence-electron chi connectivity index (χ2n) is 3.80. The molecule has 0 bridgehead atoms. The lowest BCUT2D eigenvalue weighted by atomic mass is 10.3. The van der Waals surface area contributed by atoms with Gasteiger partial charge in [-0.05, 0) is 41.9 Å². The molecular weight excluding hydrogens is 339 g/mol. The molecule has 0 fully saturated rings. The van der Waals surface area contributed by atoms with Gasteiger partial charge < -0.3 is 9.15 Å². The predicted octanol–water partition coefficient (Wildman–Crippen LogP) is 3.77. The number of rotatable bonds is 5. The van der Waals surface area contributed by atoms with E-state index in [1.54, 1.807) is 24.3 Å². The smallest absolute Gasteiger partial charge is 0.277 e. The highest BCUT2D eigenvalue weighted by Crippen LogP contribution is 2.27. The zero-order chi connectivity index (χ0) is 15.2. The fourth-order valence-electron chi connectivity index (χ4n) is 1.33. The number of ether oxygens (including phenoxy) is 1. The van der Waals surface area contributed by atoms with Crippen LogP contribution in [-0.4, -0.2) is 18.7 Å². The van der Waals surface area contributed by atoms with Crippen molar-refractivity contribution in [1.82, 2.24) is 5.43 Å². The van der Waals surface area contributed by atoms with E-state index < -0.39 is 5.91 Å². The highest BCUT2D eigenvalue weighted by molar-refractivity contribution is 6.35. The molecule has 0 aliphatic carbocycles. The molecule has 21 heavy (non-hydrogen) atoms. The summed E-state index contributed by atoms with van der Waals surface area (Å²) in [5.74, 6) is 0.329. The van der Waals surface area contributed by atoms with Crippen LogP contribution in [-0.2, 0) is 4.79 Å². The Morgan fingerprint density at radius 3 is 2.76 bits per heavy atom. The van der Waals surface area contributed by atoms with E-state index in [4.69, 9.17) is 44.0 Å². The molecule has 1 amide bonds. The zero-order valence-electron chi connectivity index (χ0n) is 10.5. The third-order valence-corrected chi connectivity index (χ3v) is 2.96. The zero-order valence-corrected chi connectivity index (χ0v) is 12.7. The molecule has 5 nitrogen and oxygen atoms in total. The molecule has 0 unspecified atom stereocenters. The number of nitrogens with zero attached hydrogens (tertiary/aromatic N) is 1. The maximum Gasteiger partial charge on any atom is 0.277 e. The van der Waals surface area contributed by atoms with Crippen LogP contribution in [0.15, 0.2) is 39.9 Å². The van der Waals surface area contributed by atoms with E-state index in [1.165, 1.54) is 12.3 Å². The molecule has 0 spiro atoms. The van der Waals surface area contributed by atoms with Crippen molar-refractivity contribution < 1.29 is 13.9 Å². The van der Waals surface area contributed by atoms with Crippen molar-refractivity contribution in [1.29, 1.82) is 0 Å². The average Bonchev–Trinajstić information content (AvgIpc) is 2.83. The summed E-state index contributed by atoms with van der Waals surface area (Å²) < 4.78 is 10.3. The van der Waals surface area contributed by atoms with Crippen LogP contribution in [0.25, 0.3) is 0 Å². The maximum atomic E-state index is 11.5. The Kier molecular flexibility index (Phi) is 5.50. The summed E-state index contributed by atoms with van der Waals surface area (Å²) in [7, 11) is 0. The van der Waals surface area contributed by atoms with E-state index in [1.807, 2.05) is 0 Å². The molecule has 1 heterocycles. The molecule has 0 saturated heterocycles. The first-order chi connectivity index (χ1) is 10.0. The van der Waals surface area contributed by atoms with Crippen LogP contribution in [0.1, 0.15) is 5.76 Å². The fourth-order valence-corrected chi connectivity index (χ4v) is 1.95. The number of hydrogen-bond acceptors (Lipinski definition) is 4. The van der Waals surface area contributed by atoms with E-state index in [0.29, 0.717) is 21.6 Å². The Morgan fingerprint density at radius 2 is 2.10 bits per heavy atom. The van der Waals surface area contributed by atoms with Gasteiger partial charge in [0, 0.05) is 5.02 Å². The Balaban J connectivity index is 1.81. The lowest BCUT2D eigenvalue weighted by Gasteiger charge is -2.06. The van der Waals surface area contributed by atoms with Crippen LogP contribution in [0.2, 0.25) is 15.3 Å². The first kappa shape index (κ1) is 15.7. The van der Waals surface area contributed by atoms with Crippen molar-refractivity contribution >= 4 is 46.9 Å². The minimum absolute atomic E-state index is 0.238. The molecule has 2 aromatic rings. The van der Waals surface area contributed by atoms with Gasteiger partial charge >= 0.3 is 0 Å². The van der Waals surface area contributed by atoms with Gasteiger partial charge in [0.1, 0.15) is 11.5 Å². The SMILES string of the molecule is O=C(COc1ccc(Cl)cc1Cl)N/N=C/c1ccc(Cl)o1. The fraction of sp³-hybridized carbons (Fsp3) is 0.0769. The Morgan fingerprint density at radius 1 is 1.29 bits per heavy atom.